The van der Waals surface area contributed by atoms with Gasteiger partial charge in [-0.3, -0.25) is 0 Å². The number of nitriles is 1. The molecule has 29 heavy (non-hydrogen) atoms. The molecule has 3 aromatic rings. The molecule has 2 aliphatic rings. The Bertz CT molecular complexity index is 1020. The van der Waals surface area contributed by atoms with Gasteiger partial charge in [-0.25, -0.2) is 0 Å². The fourth-order valence-corrected chi connectivity index (χ4v) is 4.51. The van der Waals surface area contributed by atoms with E-state index in [0.717, 1.165) is 49.0 Å². The number of methoxy groups -OCH3 is 1. The monoisotopic (exact) mass is 390 g/mol. The molecule has 0 spiro atoms. The van der Waals surface area contributed by atoms with Crippen LogP contribution >= 0.6 is 0 Å². The van der Waals surface area contributed by atoms with Gasteiger partial charge < -0.3 is 25.5 Å². The minimum atomic E-state index is -0.194. The molecule has 150 valence electrons. The fraction of sp³-hybridized carbons (Fsp3) is 0.348. The number of benzene rings is 2. The number of para-hydroxylation sites is 1. The summed E-state index contributed by atoms with van der Waals surface area (Å²) in [6.07, 6.45) is 4.70. The summed E-state index contributed by atoms with van der Waals surface area (Å²) in [5, 5.41) is 13.3. The Hall–Kier alpha value is -3.01. The summed E-state index contributed by atoms with van der Waals surface area (Å²) in [7, 11) is 1.66. The van der Waals surface area contributed by atoms with Crippen LogP contribution in [0.2, 0.25) is 0 Å². The summed E-state index contributed by atoms with van der Waals surface area (Å²) in [6, 6.07) is 15.5. The Morgan fingerprint density at radius 2 is 2.00 bits per heavy atom. The summed E-state index contributed by atoms with van der Waals surface area (Å²) < 4.78 is 10.1. The summed E-state index contributed by atoms with van der Waals surface area (Å²) in [5.41, 5.74) is 9.98. The van der Waals surface area contributed by atoms with Gasteiger partial charge in [-0.15, -0.1) is 5.26 Å². The maximum absolute atomic E-state index is 8.84. The number of aromatic nitrogens is 1. The third kappa shape index (κ3) is 3.80. The number of hydrogen-bond donors (Lipinski definition) is 3. The second-order valence-corrected chi connectivity index (χ2v) is 7.75. The van der Waals surface area contributed by atoms with E-state index in [1.807, 2.05) is 48.5 Å². The van der Waals surface area contributed by atoms with Crippen LogP contribution < -0.4 is 20.5 Å². The number of aromatic amines is 1. The topological polar surface area (TPSA) is 96.1 Å². The normalized spacial score (nSPS) is 22.4. The van der Waals surface area contributed by atoms with E-state index in [9.17, 15) is 0 Å². The predicted molar refractivity (Wildman–Crippen MR) is 113 cm³/mol. The van der Waals surface area contributed by atoms with Crippen LogP contribution in [0.3, 0.4) is 0 Å². The van der Waals surface area contributed by atoms with Gasteiger partial charge in [0.15, 0.2) is 5.75 Å². The van der Waals surface area contributed by atoms with Crippen LogP contribution in [0.25, 0.3) is 10.9 Å². The van der Waals surface area contributed by atoms with Crippen molar-refractivity contribution >= 4 is 10.9 Å². The second-order valence-electron chi connectivity index (χ2n) is 7.75. The highest BCUT2D eigenvalue weighted by Gasteiger charge is 2.42. The zero-order chi connectivity index (χ0) is 20.3. The Morgan fingerprint density at radius 1 is 1.17 bits per heavy atom. The van der Waals surface area contributed by atoms with Crippen LogP contribution in [0.1, 0.15) is 17.7 Å². The van der Waals surface area contributed by atoms with Crippen molar-refractivity contribution in [1.29, 1.82) is 5.26 Å². The van der Waals surface area contributed by atoms with Gasteiger partial charge in [0.25, 0.3) is 6.26 Å². The SMILES string of the molecule is COc1ccccc1.N#COc1cccc2[nH]c3c(c12)CC1(N)CNCCC1C3. The first-order valence-electron chi connectivity index (χ1n) is 9.91. The van der Waals surface area contributed by atoms with Gasteiger partial charge in [0, 0.05) is 28.7 Å². The Morgan fingerprint density at radius 3 is 2.72 bits per heavy atom. The molecule has 2 unspecified atom stereocenters. The van der Waals surface area contributed by atoms with Crippen LogP contribution in [0.15, 0.2) is 48.5 Å². The number of nitrogens with two attached hydrogens (primary N) is 1. The molecule has 0 amide bonds. The van der Waals surface area contributed by atoms with E-state index in [-0.39, 0.29) is 5.54 Å². The van der Waals surface area contributed by atoms with Crippen LogP contribution in [0.4, 0.5) is 0 Å². The number of nitrogens with one attached hydrogen (secondary N) is 2. The number of fused-ring (bicyclic) bond motifs is 4. The first-order valence-corrected chi connectivity index (χ1v) is 9.91. The Balaban J connectivity index is 0.000000216. The summed E-state index contributed by atoms with van der Waals surface area (Å²) in [6.45, 7) is 1.90. The molecule has 6 nitrogen and oxygen atoms in total. The largest absolute Gasteiger partial charge is 0.497 e. The van der Waals surface area contributed by atoms with Crippen molar-refractivity contribution in [3.63, 3.8) is 0 Å². The van der Waals surface area contributed by atoms with Gasteiger partial charge in [0.1, 0.15) is 5.75 Å². The predicted octanol–water partition coefficient (Wildman–Crippen LogP) is 3.13. The number of H-pyrrole nitrogens is 1. The van der Waals surface area contributed by atoms with Crippen LogP contribution in [0, 0.1) is 17.4 Å². The van der Waals surface area contributed by atoms with Crippen LogP contribution in [-0.2, 0) is 12.8 Å². The summed E-state index contributed by atoms with van der Waals surface area (Å²) in [5.74, 6) is 2.05. The fourth-order valence-electron chi connectivity index (χ4n) is 4.51. The average Bonchev–Trinajstić information content (AvgIpc) is 3.10. The third-order valence-corrected chi connectivity index (χ3v) is 6.01. The number of nitrogens with zero attached hydrogens (tertiary/aromatic N) is 1. The Labute approximate surface area is 170 Å². The van der Waals surface area contributed by atoms with E-state index in [2.05, 4.69) is 10.3 Å². The van der Waals surface area contributed by atoms with Crippen molar-refractivity contribution in [2.75, 3.05) is 20.2 Å². The molecule has 4 N–H and O–H groups in total. The third-order valence-electron chi connectivity index (χ3n) is 6.01. The molecule has 1 aliphatic carbocycles. The standard InChI is InChI=1S/C16H18N4O.C7H8O/c17-9-21-14-3-1-2-12-15(14)11-7-16(18)8-19-5-4-10(16)6-13(11)20-12;1-8-7-5-3-2-4-6-7/h1-3,10,19-20H,4-8,18H2;2-6H,1H3. The van der Waals surface area contributed by atoms with Gasteiger partial charge in [0.05, 0.1) is 7.11 Å². The maximum atomic E-state index is 8.84. The zero-order valence-corrected chi connectivity index (χ0v) is 16.6. The molecule has 2 atom stereocenters. The maximum Gasteiger partial charge on any atom is 0.292 e. The lowest BCUT2D eigenvalue weighted by Gasteiger charge is -2.44. The molecular formula is C23H26N4O2. The minimum absolute atomic E-state index is 0.194. The molecule has 5 rings (SSSR count). The van der Waals surface area contributed by atoms with Gasteiger partial charge in [-0.05, 0) is 61.6 Å². The molecule has 6 heteroatoms. The number of piperidine rings is 1. The van der Waals surface area contributed by atoms with Crippen LogP contribution in [0.5, 0.6) is 11.5 Å². The molecular weight excluding hydrogens is 364 g/mol. The molecule has 0 saturated carbocycles. The molecule has 1 saturated heterocycles. The molecule has 2 aromatic carbocycles. The Kier molecular flexibility index (Phi) is 5.43. The quantitative estimate of drug-likeness (QED) is 0.584. The van der Waals surface area contributed by atoms with Gasteiger partial charge >= 0.3 is 0 Å². The zero-order valence-electron chi connectivity index (χ0n) is 16.6. The molecule has 0 bridgehead atoms. The lowest BCUT2D eigenvalue weighted by atomic mass is 9.69. The average molecular weight is 390 g/mol. The van der Waals surface area contributed by atoms with Gasteiger partial charge in [0.2, 0.25) is 0 Å². The molecule has 2 heterocycles. The van der Waals surface area contributed by atoms with Crippen molar-refractivity contribution < 1.29 is 9.47 Å². The molecule has 1 aromatic heterocycles. The first-order chi connectivity index (χ1) is 14.1. The van der Waals surface area contributed by atoms with E-state index in [4.69, 9.17) is 20.5 Å². The van der Waals surface area contributed by atoms with E-state index in [1.165, 1.54) is 11.3 Å². The molecule has 1 aliphatic heterocycles. The number of ether oxygens (including phenoxy) is 2. The highest BCUT2D eigenvalue weighted by atomic mass is 16.5. The van der Waals surface area contributed by atoms with Gasteiger partial charge in [-0.1, -0.05) is 24.3 Å². The molecule has 0 radical (unpaired) electrons. The van der Waals surface area contributed by atoms with Crippen molar-refractivity contribution in [2.45, 2.75) is 24.8 Å². The van der Waals surface area contributed by atoms with E-state index < -0.39 is 0 Å². The van der Waals surface area contributed by atoms with E-state index in [0.29, 0.717) is 11.7 Å². The smallest absolute Gasteiger partial charge is 0.292 e. The molecule has 1 fully saturated rings. The van der Waals surface area contributed by atoms with Crippen molar-refractivity contribution in [2.24, 2.45) is 11.7 Å². The van der Waals surface area contributed by atoms with E-state index >= 15 is 0 Å². The van der Waals surface area contributed by atoms with Crippen LogP contribution in [-0.4, -0.2) is 30.7 Å². The minimum Gasteiger partial charge on any atom is -0.497 e. The van der Waals surface area contributed by atoms with Crippen molar-refractivity contribution in [1.82, 2.24) is 10.3 Å². The lowest BCUT2D eigenvalue weighted by Crippen LogP contribution is -2.62. The lowest BCUT2D eigenvalue weighted by molar-refractivity contribution is 0.190. The van der Waals surface area contributed by atoms with Crippen molar-refractivity contribution in [3.8, 4) is 17.8 Å². The number of rotatable bonds is 2. The van der Waals surface area contributed by atoms with Gasteiger partial charge in [-0.2, -0.15) is 0 Å². The number of hydrogen-bond acceptors (Lipinski definition) is 5. The highest BCUT2D eigenvalue weighted by Crippen LogP contribution is 2.41. The second kappa shape index (κ2) is 8.16. The highest BCUT2D eigenvalue weighted by molar-refractivity contribution is 5.91. The van der Waals surface area contributed by atoms with Crippen molar-refractivity contribution in [3.05, 3.63) is 59.8 Å². The van der Waals surface area contributed by atoms with E-state index in [1.54, 1.807) is 13.4 Å². The first kappa shape index (κ1) is 19.3. The summed E-state index contributed by atoms with van der Waals surface area (Å²) in [4.78, 5) is 3.50. The summed E-state index contributed by atoms with van der Waals surface area (Å²) >= 11 is 0.